The summed E-state index contributed by atoms with van der Waals surface area (Å²) in [7, 11) is 0. The molecule has 1 heterocycles. The lowest BCUT2D eigenvalue weighted by Crippen LogP contribution is -2.29. The maximum absolute atomic E-state index is 12.2. The van der Waals surface area contributed by atoms with Crippen LogP contribution in [0.3, 0.4) is 0 Å². The first kappa shape index (κ1) is 12.7. The van der Waals surface area contributed by atoms with Crippen molar-refractivity contribution in [2.24, 2.45) is 11.7 Å². The molecule has 92 valence electrons. The van der Waals surface area contributed by atoms with Gasteiger partial charge in [-0.3, -0.25) is 4.79 Å². The first-order valence-corrected chi connectivity index (χ1v) is 6.32. The van der Waals surface area contributed by atoms with Gasteiger partial charge in [0.2, 0.25) is 0 Å². The Kier molecular flexibility index (Phi) is 3.92. The van der Waals surface area contributed by atoms with Crippen LogP contribution < -0.4 is 5.73 Å². The number of carbonyl (C=O) groups is 1. The second-order valence-corrected chi connectivity index (χ2v) is 5.08. The Morgan fingerprint density at radius 1 is 1.41 bits per heavy atom. The SMILES string of the molecule is NC[C@H]1CCN(C(=O)c2ccc(Cl)c(Cl)c2)C1. The molecule has 0 unspecified atom stereocenters. The fraction of sp³-hybridized carbons (Fsp3) is 0.417. The van der Waals surface area contributed by atoms with Crippen LogP contribution in [0.25, 0.3) is 0 Å². The molecule has 1 aliphatic rings. The molecule has 1 atom stereocenters. The summed E-state index contributed by atoms with van der Waals surface area (Å²) in [4.78, 5) is 14.0. The van der Waals surface area contributed by atoms with E-state index in [9.17, 15) is 4.79 Å². The monoisotopic (exact) mass is 272 g/mol. The smallest absolute Gasteiger partial charge is 0.253 e. The fourth-order valence-corrected chi connectivity index (χ4v) is 2.32. The minimum absolute atomic E-state index is 0.000448. The zero-order valence-electron chi connectivity index (χ0n) is 9.33. The van der Waals surface area contributed by atoms with E-state index in [2.05, 4.69) is 0 Å². The van der Waals surface area contributed by atoms with Crippen LogP contribution in [0, 0.1) is 5.92 Å². The highest BCUT2D eigenvalue weighted by Crippen LogP contribution is 2.24. The number of nitrogens with two attached hydrogens (primary N) is 1. The summed E-state index contributed by atoms with van der Waals surface area (Å²) >= 11 is 11.7. The number of hydrogen-bond acceptors (Lipinski definition) is 2. The molecule has 1 amide bonds. The van der Waals surface area contributed by atoms with Crippen molar-refractivity contribution in [3.8, 4) is 0 Å². The van der Waals surface area contributed by atoms with E-state index in [4.69, 9.17) is 28.9 Å². The van der Waals surface area contributed by atoms with Gasteiger partial charge in [0.1, 0.15) is 0 Å². The third kappa shape index (κ3) is 2.73. The van der Waals surface area contributed by atoms with Crippen LogP contribution in [0.15, 0.2) is 18.2 Å². The molecule has 0 bridgehead atoms. The van der Waals surface area contributed by atoms with Crippen LogP contribution in [0.2, 0.25) is 10.0 Å². The van der Waals surface area contributed by atoms with Crippen molar-refractivity contribution in [1.29, 1.82) is 0 Å². The number of hydrogen-bond donors (Lipinski definition) is 1. The number of carbonyl (C=O) groups excluding carboxylic acids is 1. The normalized spacial score (nSPS) is 19.7. The van der Waals surface area contributed by atoms with Gasteiger partial charge in [-0.15, -0.1) is 0 Å². The van der Waals surface area contributed by atoms with E-state index in [1.54, 1.807) is 18.2 Å². The maximum Gasteiger partial charge on any atom is 0.253 e. The molecule has 2 rings (SSSR count). The van der Waals surface area contributed by atoms with Crippen molar-refractivity contribution < 1.29 is 4.79 Å². The van der Waals surface area contributed by atoms with Gasteiger partial charge >= 0.3 is 0 Å². The van der Waals surface area contributed by atoms with Crippen molar-refractivity contribution in [1.82, 2.24) is 4.90 Å². The summed E-state index contributed by atoms with van der Waals surface area (Å²) in [6, 6.07) is 4.96. The number of rotatable bonds is 2. The van der Waals surface area contributed by atoms with E-state index in [-0.39, 0.29) is 5.91 Å². The van der Waals surface area contributed by atoms with Gasteiger partial charge in [-0.25, -0.2) is 0 Å². The van der Waals surface area contributed by atoms with Gasteiger partial charge in [0, 0.05) is 18.7 Å². The number of halogens is 2. The average molecular weight is 273 g/mol. The highest BCUT2D eigenvalue weighted by atomic mass is 35.5. The summed E-state index contributed by atoms with van der Waals surface area (Å²) in [5, 5.41) is 0.872. The van der Waals surface area contributed by atoms with Crippen molar-refractivity contribution in [2.75, 3.05) is 19.6 Å². The lowest BCUT2D eigenvalue weighted by molar-refractivity contribution is 0.0787. The second kappa shape index (κ2) is 5.25. The molecule has 1 fully saturated rings. The van der Waals surface area contributed by atoms with E-state index in [0.29, 0.717) is 28.1 Å². The third-order valence-electron chi connectivity index (χ3n) is 3.07. The van der Waals surface area contributed by atoms with Gasteiger partial charge in [0.05, 0.1) is 10.0 Å². The van der Waals surface area contributed by atoms with E-state index >= 15 is 0 Å². The summed E-state index contributed by atoms with van der Waals surface area (Å²) in [6.45, 7) is 2.13. The predicted octanol–water partition coefficient (Wildman–Crippen LogP) is 2.41. The lowest BCUT2D eigenvalue weighted by Gasteiger charge is -2.16. The summed E-state index contributed by atoms with van der Waals surface area (Å²) in [5.74, 6) is 0.418. The molecular formula is C12H14Cl2N2O. The number of likely N-dealkylation sites (tertiary alicyclic amines) is 1. The van der Waals surface area contributed by atoms with E-state index in [1.165, 1.54) is 0 Å². The highest BCUT2D eigenvalue weighted by molar-refractivity contribution is 6.42. The average Bonchev–Trinajstić information content (AvgIpc) is 2.80. The molecule has 17 heavy (non-hydrogen) atoms. The lowest BCUT2D eigenvalue weighted by atomic mass is 10.1. The predicted molar refractivity (Wildman–Crippen MR) is 69.5 cm³/mol. The van der Waals surface area contributed by atoms with Gasteiger partial charge in [0.15, 0.2) is 0 Å². The Morgan fingerprint density at radius 3 is 2.76 bits per heavy atom. The van der Waals surface area contributed by atoms with Gasteiger partial charge in [0.25, 0.3) is 5.91 Å². The first-order chi connectivity index (χ1) is 8.11. The molecule has 2 N–H and O–H groups in total. The van der Waals surface area contributed by atoms with Gasteiger partial charge in [-0.1, -0.05) is 23.2 Å². The number of nitrogens with zero attached hydrogens (tertiary/aromatic N) is 1. The quantitative estimate of drug-likeness (QED) is 0.899. The zero-order chi connectivity index (χ0) is 12.4. The third-order valence-corrected chi connectivity index (χ3v) is 3.81. The molecule has 0 radical (unpaired) electrons. The van der Waals surface area contributed by atoms with Crippen molar-refractivity contribution in [2.45, 2.75) is 6.42 Å². The topological polar surface area (TPSA) is 46.3 Å². The first-order valence-electron chi connectivity index (χ1n) is 5.56. The van der Waals surface area contributed by atoms with Crippen LogP contribution in [0.1, 0.15) is 16.8 Å². The van der Waals surface area contributed by atoms with Gasteiger partial charge in [-0.05, 0) is 37.1 Å². The molecule has 0 aliphatic carbocycles. The zero-order valence-corrected chi connectivity index (χ0v) is 10.8. The summed E-state index contributed by atoms with van der Waals surface area (Å²) in [5.41, 5.74) is 6.18. The molecule has 0 spiro atoms. The Labute approximate surface area is 110 Å². The molecule has 1 saturated heterocycles. The molecule has 1 aliphatic heterocycles. The fourth-order valence-electron chi connectivity index (χ4n) is 2.02. The van der Waals surface area contributed by atoms with Crippen LogP contribution >= 0.6 is 23.2 Å². The Bertz CT molecular complexity index is 437. The molecule has 1 aromatic carbocycles. The van der Waals surface area contributed by atoms with E-state index in [1.807, 2.05) is 4.90 Å². The van der Waals surface area contributed by atoms with Crippen LogP contribution in [-0.2, 0) is 0 Å². The van der Waals surface area contributed by atoms with E-state index < -0.39 is 0 Å². The molecular weight excluding hydrogens is 259 g/mol. The number of benzene rings is 1. The highest BCUT2D eigenvalue weighted by Gasteiger charge is 2.26. The van der Waals surface area contributed by atoms with Crippen LogP contribution in [0.4, 0.5) is 0 Å². The van der Waals surface area contributed by atoms with Gasteiger partial charge in [-0.2, -0.15) is 0 Å². The molecule has 5 heteroatoms. The molecule has 0 aromatic heterocycles. The van der Waals surface area contributed by atoms with Crippen molar-refractivity contribution >= 4 is 29.1 Å². The Balaban J connectivity index is 2.12. The van der Waals surface area contributed by atoms with E-state index in [0.717, 1.165) is 19.5 Å². The van der Waals surface area contributed by atoms with Crippen LogP contribution in [0.5, 0.6) is 0 Å². The second-order valence-electron chi connectivity index (χ2n) is 4.27. The maximum atomic E-state index is 12.2. The summed E-state index contributed by atoms with van der Waals surface area (Å²) < 4.78 is 0. The summed E-state index contributed by atoms with van der Waals surface area (Å²) in [6.07, 6.45) is 0.976. The molecule has 1 aromatic rings. The molecule has 3 nitrogen and oxygen atoms in total. The number of amides is 1. The van der Waals surface area contributed by atoms with Crippen molar-refractivity contribution in [3.63, 3.8) is 0 Å². The Morgan fingerprint density at radius 2 is 2.18 bits per heavy atom. The standard InChI is InChI=1S/C12H14Cl2N2O/c13-10-2-1-9(5-11(10)14)12(17)16-4-3-8(6-15)7-16/h1-2,5,8H,3-4,6-7,15H2/t8-/m1/s1. The molecule has 0 saturated carbocycles. The largest absolute Gasteiger partial charge is 0.338 e. The van der Waals surface area contributed by atoms with Crippen LogP contribution in [-0.4, -0.2) is 30.4 Å². The minimum atomic E-state index is -0.000448. The Hall–Kier alpha value is -0.770. The van der Waals surface area contributed by atoms with Gasteiger partial charge < -0.3 is 10.6 Å². The minimum Gasteiger partial charge on any atom is -0.338 e. The van der Waals surface area contributed by atoms with Crippen molar-refractivity contribution in [3.05, 3.63) is 33.8 Å².